The number of nitrogens with two attached hydrogens (primary N) is 1. The summed E-state index contributed by atoms with van der Waals surface area (Å²) in [7, 11) is 0. The number of nitrogens with zero attached hydrogens (tertiary/aromatic N) is 3. The molecule has 0 radical (unpaired) electrons. The summed E-state index contributed by atoms with van der Waals surface area (Å²) in [6.07, 6.45) is 8.65. The molecule has 0 amide bonds. The molecule has 1 saturated heterocycles. The number of unbranched alkanes of at least 4 members (excludes halogenated alkanes) is 2. The summed E-state index contributed by atoms with van der Waals surface area (Å²) >= 11 is 0. The number of hydrogen-bond acceptors (Lipinski definition) is 4. The van der Waals surface area contributed by atoms with Crippen LogP contribution >= 0.6 is 0 Å². The third-order valence-corrected chi connectivity index (χ3v) is 4.11. The van der Waals surface area contributed by atoms with Gasteiger partial charge in [-0.3, -0.25) is 4.98 Å². The van der Waals surface area contributed by atoms with Crippen LogP contribution in [0.2, 0.25) is 0 Å². The van der Waals surface area contributed by atoms with E-state index in [1.807, 2.05) is 12.4 Å². The Bertz CT molecular complexity index is 347. The maximum atomic E-state index is 5.52. The lowest BCUT2D eigenvalue weighted by atomic mass is 10.2. The Morgan fingerprint density at radius 3 is 2.20 bits per heavy atom. The van der Waals surface area contributed by atoms with Crippen molar-refractivity contribution in [2.45, 2.75) is 25.7 Å². The van der Waals surface area contributed by atoms with Gasteiger partial charge >= 0.3 is 0 Å². The van der Waals surface area contributed by atoms with Gasteiger partial charge in [-0.25, -0.2) is 0 Å². The van der Waals surface area contributed by atoms with Crippen molar-refractivity contribution < 1.29 is 0 Å². The molecule has 0 atom stereocenters. The van der Waals surface area contributed by atoms with Crippen molar-refractivity contribution in [2.75, 3.05) is 45.8 Å². The second kappa shape index (κ2) is 9.06. The van der Waals surface area contributed by atoms with Crippen LogP contribution in [0.4, 0.5) is 0 Å². The van der Waals surface area contributed by atoms with Gasteiger partial charge in [-0.05, 0) is 50.0 Å². The Balaban J connectivity index is 1.57. The minimum Gasteiger partial charge on any atom is -0.330 e. The first-order valence-electron chi connectivity index (χ1n) is 7.92. The highest BCUT2D eigenvalue weighted by Crippen LogP contribution is 2.06. The predicted molar refractivity (Wildman–Crippen MR) is 83.7 cm³/mol. The van der Waals surface area contributed by atoms with Crippen LogP contribution in [0.25, 0.3) is 0 Å². The van der Waals surface area contributed by atoms with Crippen molar-refractivity contribution in [1.29, 1.82) is 0 Å². The van der Waals surface area contributed by atoms with Crippen LogP contribution in [0, 0.1) is 0 Å². The molecule has 4 nitrogen and oxygen atoms in total. The monoisotopic (exact) mass is 276 g/mol. The topological polar surface area (TPSA) is 45.4 Å². The van der Waals surface area contributed by atoms with E-state index in [9.17, 15) is 0 Å². The Kier molecular flexibility index (Phi) is 6.98. The van der Waals surface area contributed by atoms with E-state index < -0.39 is 0 Å². The second-order valence-corrected chi connectivity index (χ2v) is 5.64. The molecule has 1 fully saturated rings. The molecule has 0 unspecified atom stereocenters. The lowest BCUT2D eigenvalue weighted by Crippen LogP contribution is -2.47. The van der Waals surface area contributed by atoms with E-state index in [0.29, 0.717) is 0 Å². The van der Waals surface area contributed by atoms with Crippen molar-refractivity contribution >= 4 is 0 Å². The van der Waals surface area contributed by atoms with Gasteiger partial charge in [-0.2, -0.15) is 0 Å². The smallest absolute Gasteiger partial charge is 0.0270 e. The van der Waals surface area contributed by atoms with Crippen LogP contribution in [0.3, 0.4) is 0 Å². The molecule has 0 aliphatic carbocycles. The summed E-state index contributed by atoms with van der Waals surface area (Å²) in [6.45, 7) is 8.12. The van der Waals surface area contributed by atoms with Crippen molar-refractivity contribution in [1.82, 2.24) is 14.8 Å². The number of rotatable bonds is 8. The largest absolute Gasteiger partial charge is 0.330 e. The van der Waals surface area contributed by atoms with Gasteiger partial charge in [0, 0.05) is 45.1 Å². The van der Waals surface area contributed by atoms with E-state index in [0.717, 1.165) is 13.0 Å². The fraction of sp³-hybridized carbons (Fsp3) is 0.688. The maximum Gasteiger partial charge on any atom is 0.0270 e. The molecule has 0 bridgehead atoms. The Labute approximate surface area is 123 Å². The molecule has 0 aromatic carbocycles. The van der Waals surface area contributed by atoms with Crippen LogP contribution in [-0.2, 0) is 6.42 Å². The van der Waals surface area contributed by atoms with E-state index in [1.54, 1.807) is 0 Å². The molecular weight excluding hydrogens is 248 g/mol. The normalized spacial score (nSPS) is 17.4. The number of hydrogen-bond donors (Lipinski definition) is 1. The molecule has 0 spiro atoms. The highest BCUT2D eigenvalue weighted by Gasteiger charge is 2.15. The summed E-state index contributed by atoms with van der Waals surface area (Å²) < 4.78 is 0. The number of pyridine rings is 1. The molecule has 2 N–H and O–H groups in total. The molecule has 1 aromatic heterocycles. The highest BCUT2D eigenvalue weighted by molar-refractivity contribution is 5.09. The lowest BCUT2D eigenvalue weighted by molar-refractivity contribution is 0.132. The molecular formula is C16H28N4. The van der Waals surface area contributed by atoms with Crippen molar-refractivity contribution in [3.05, 3.63) is 30.1 Å². The molecule has 1 aliphatic rings. The minimum atomic E-state index is 0.836. The fourth-order valence-electron chi connectivity index (χ4n) is 2.73. The summed E-state index contributed by atoms with van der Waals surface area (Å²) in [4.78, 5) is 9.24. The average Bonchev–Trinajstić information content (AvgIpc) is 2.52. The van der Waals surface area contributed by atoms with Gasteiger partial charge in [0.25, 0.3) is 0 Å². The maximum absolute atomic E-state index is 5.52. The van der Waals surface area contributed by atoms with Gasteiger partial charge in [0.05, 0.1) is 0 Å². The minimum absolute atomic E-state index is 0.836. The standard InChI is InChI=1S/C16H28N4/c17-7-2-1-3-10-19-12-14-20(15-13-19)11-6-16-4-8-18-9-5-16/h4-5,8-9H,1-3,6-7,10-15,17H2. The SMILES string of the molecule is NCCCCCN1CCN(CCc2ccncc2)CC1. The molecule has 20 heavy (non-hydrogen) atoms. The summed E-state index contributed by atoms with van der Waals surface area (Å²) in [5.74, 6) is 0. The van der Waals surface area contributed by atoms with Gasteiger partial charge in [-0.1, -0.05) is 6.42 Å². The Morgan fingerprint density at radius 1 is 0.900 bits per heavy atom. The average molecular weight is 276 g/mol. The molecule has 1 aromatic rings. The first kappa shape index (κ1) is 15.4. The van der Waals surface area contributed by atoms with Gasteiger partial charge in [-0.15, -0.1) is 0 Å². The summed E-state index contributed by atoms with van der Waals surface area (Å²) in [5, 5.41) is 0. The van der Waals surface area contributed by atoms with E-state index in [-0.39, 0.29) is 0 Å². The lowest BCUT2D eigenvalue weighted by Gasteiger charge is -2.34. The summed E-state index contributed by atoms with van der Waals surface area (Å²) in [6, 6.07) is 4.24. The quantitative estimate of drug-likeness (QED) is 0.729. The zero-order valence-corrected chi connectivity index (χ0v) is 12.5. The van der Waals surface area contributed by atoms with Crippen LogP contribution < -0.4 is 5.73 Å². The number of piperazine rings is 1. The predicted octanol–water partition coefficient (Wildman–Crippen LogP) is 1.37. The fourth-order valence-corrected chi connectivity index (χ4v) is 2.73. The molecule has 4 heteroatoms. The third kappa shape index (κ3) is 5.57. The first-order valence-corrected chi connectivity index (χ1v) is 7.92. The molecule has 1 aliphatic heterocycles. The van der Waals surface area contributed by atoms with Crippen LogP contribution in [0.1, 0.15) is 24.8 Å². The van der Waals surface area contributed by atoms with Gasteiger partial charge < -0.3 is 15.5 Å². The summed E-state index contributed by atoms with van der Waals surface area (Å²) in [5.41, 5.74) is 6.92. The first-order chi connectivity index (χ1) is 9.88. The van der Waals surface area contributed by atoms with Crippen molar-refractivity contribution in [3.63, 3.8) is 0 Å². The zero-order chi connectivity index (χ0) is 14.0. The molecule has 2 heterocycles. The Morgan fingerprint density at radius 2 is 1.55 bits per heavy atom. The van der Waals surface area contributed by atoms with E-state index in [4.69, 9.17) is 5.73 Å². The van der Waals surface area contributed by atoms with Crippen molar-refractivity contribution in [3.8, 4) is 0 Å². The molecule has 0 saturated carbocycles. The van der Waals surface area contributed by atoms with Crippen LogP contribution in [0.15, 0.2) is 24.5 Å². The van der Waals surface area contributed by atoms with E-state index >= 15 is 0 Å². The van der Waals surface area contributed by atoms with Gasteiger partial charge in [0.1, 0.15) is 0 Å². The zero-order valence-electron chi connectivity index (χ0n) is 12.5. The molecule has 2 rings (SSSR count). The second-order valence-electron chi connectivity index (χ2n) is 5.64. The van der Waals surface area contributed by atoms with Crippen LogP contribution in [0.5, 0.6) is 0 Å². The van der Waals surface area contributed by atoms with E-state index in [2.05, 4.69) is 26.9 Å². The van der Waals surface area contributed by atoms with E-state index in [1.165, 1.54) is 64.1 Å². The van der Waals surface area contributed by atoms with Crippen molar-refractivity contribution in [2.24, 2.45) is 5.73 Å². The molecule has 112 valence electrons. The highest BCUT2D eigenvalue weighted by atomic mass is 15.3. The van der Waals surface area contributed by atoms with Gasteiger partial charge in [0.2, 0.25) is 0 Å². The van der Waals surface area contributed by atoms with Crippen LogP contribution in [-0.4, -0.2) is 60.6 Å². The Hall–Kier alpha value is -0.970. The third-order valence-electron chi connectivity index (χ3n) is 4.11. The number of aromatic nitrogens is 1. The van der Waals surface area contributed by atoms with Gasteiger partial charge in [0.15, 0.2) is 0 Å².